The Hall–Kier alpha value is -3.09. The summed E-state index contributed by atoms with van der Waals surface area (Å²) in [5, 5.41) is 13.5. The van der Waals surface area contributed by atoms with E-state index in [1.807, 2.05) is 17.0 Å². The number of fused-ring (bicyclic) bond motifs is 2. The van der Waals surface area contributed by atoms with E-state index in [0.29, 0.717) is 30.4 Å². The number of nitrogens with zero attached hydrogens (tertiary/aromatic N) is 2. The highest BCUT2D eigenvalue weighted by molar-refractivity contribution is 5.97. The predicted octanol–water partition coefficient (Wildman–Crippen LogP) is 4.56. The van der Waals surface area contributed by atoms with E-state index in [4.69, 9.17) is 9.47 Å². The first-order valence-corrected chi connectivity index (χ1v) is 13.5. The van der Waals surface area contributed by atoms with Crippen molar-refractivity contribution >= 4 is 16.7 Å². The molecule has 6 nitrogen and oxygen atoms in total. The van der Waals surface area contributed by atoms with Gasteiger partial charge in [-0.15, -0.1) is 0 Å². The molecule has 2 unspecified atom stereocenters. The molecule has 196 valence electrons. The smallest absolute Gasteiger partial charge is 0.254 e. The van der Waals surface area contributed by atoms with E-state index in [2.05, 4.69) is 47.4 Å². The Kier molecular flexibility index (Phi) is 7.96. The van der Waals surface area contributed by atoms with Gasteiger partial charge in [0.25, 0.3) is 5.91 Å². The van der Waals surface area contributed by atoms with Gasteiger partial charge in [0.15, 0.2) is 11.5 Å². The SMILES string of the molecule is COc1cc2c(cc1OC)C(=O)N(CC1CCCCN(CC(O)Cc3cccc4ccccc34)C1)CC2. The van der Waals surface area contributed by atoms with Crippen LogP contribution in [0.5, 0.6) is 11.5 Å². The van der Waals surface area contributed by atoms with E-state index in [1.54, 1.807) is 14.2 Å². The van der Waals surface area contributed by atoms with Crippen LogP contribution in [-0.4, -0.2) is 73.9 Å². The van der Waals surface area contributed by atoms with Crippen LogP contribution in [0.15, 0.2) is 54.6 Å². The number of β-amino-alcohol motifs (C(OH)–C–C–N with tert-alkyl or cyclic N) is 1. The highest BCUT2D eigenvalue weighted by Gasteiger charge is 2.30. The second-order valence-corrected chi connectivity index (χ2v) is 10.5. The number of aliphatic hydroxyl groups excluding tert-OH is 1. The number of methoxy groups -OCH3 is 2. The molecule has 3 aromatic carbocycles. The first kappa shape index (κ1) is 25.6. The molecular weight excluding hydrogens is 464 g/mol. The maximum Gasteiger partial charge on any atom is 0.254 e. The molecule has 2 aliphatic rings. The van der Waals surface area contributed by atoms with E-state index in [-0.39, 0.29) is 5.91 Å². The molecule has 0 aromatic heterocycles. The highest BCUT2D eigenvalue weighted by Crippen LogP contribution is 2.33. The Morgan fingerprint density at radius 3 is 2.62 bits per heavy atom. The number of hydrogen-bond donors (Lipinski definition) is 1. The van der Waals surface area contributed by atoms with Crippen molar-refractivity contribution < 1.29 is 19.4 Å². The van der Waals surface area contributed by atoms with Crippen LogP contribution in [-0.2, 0) is 12.8 Å². The molecule has 1 fully saturated rings. The number of amides is 1. The van der Waals surface area contributed by atoms with E-state index < -0.39 is 6.10 Å². The van der Waals surface area contributed by atoms with Crippen molar-refractivity contribution in [3.63, 3.8) is 0 Å². The molecule has 2 aliphatic heterocycles. The van der Waals surface area contributed by atoms with Crippen molar-refractivity contribution in [2.75, 3.05) is 46.9 Å². The lowest BCUT2D eigenvalue weighted by Gasteiger charge is -2.33. The summed E-state index contributed by atoms with van der Waals surface area (Å²) in [5.74, 6) is 1.74. The average Bonchev–Trinajstić information content (AvgIpc) is 3.14. The van der Waals surface area contributed by atoms with E-state index in [1.165, 1.54) is 16.3 Å². The molecular formula is C31H38N2O4. The summed E-state index contributed by atoms with van der Waals surface area (Å²) in [5.41, 5.74) is 2.94. The average molecular weight is 503 g/mol. The van der Waals surface area contributed by atoms with Gasteiger partial charge in [-0.25, -0.2) is 0 Å². The lowest BCUT2D eigenvalue weighted by molar-refractivity contribution is 0.0672. The number of hydrogen-bond acceptors (Lipinski definition) is 5. The number of aliphatic hydroxyl groups is 1. The van der Waals surface area contributed by atoms with Crippen LogP contribution in [0.2, 0.25) is 0 Å². The van der Waals surface area contributed by atoms with Crippen LogP contribution >= 0.6 is 0 Å². The lowest BCUT2D eigenvalue weighted by atomic mass is 9.95. The Bertz CT molecular complexity index is 1240. The lowest BCUT2D eigenvalue weighted by Crippen LogP contribution is -2.44. The maximum absolute atomic E-state index is 13.4. The van der Waals surface area contributed by atoms with Crippen LogP contribution in [0.25, 0.3) is 10.8 Å². The summed E-state index contributed by atoms with van der Waals surface area (Å²) < 4.78 is 10.9. The fourth-order valence-corrected chi connectivity index (χ4v) is 6.06. The Morgan fingerprint density at radius 1 is 1.00 bits per heavy atom. The zero-order chi connectivity index (χ0) is 25.8. The normalized spacial score (nSPS) is 19.4. The summed E-state index contributed by atoms with van der Waals surface area (Å²) >= 11 is 0. The number of carbonyl (C=O) groups is 1. The fourth-order valence-electron chi connectivity index (χ4n) is 6.06. The molecule has 0 radical (unpaired) electrons. The van der Waals surface area contributed by atoms with Crippen molar-refractivity contribution in [2.45, 2.75) is 38.2 Å². The topological polar surface area (TPSA) is 62.2 Å². The Balaban J connectivity index is 1.22. The molecule has 0 saturated carbocycles. The summed E-state index contributed by atoms with van der Waals surface area (Å²) in [4.78, 5) is 17.8. The van der Waals surface area contributed by atoms with Gasteiger partial charge in [0.05, 0.1) is 20.3 Å². The van der Waals surface area contributed by atoms with E-state index >= 15 is 0 Å². The number of ether oxygens (including phenoxy) is 2. The maximum atomic E-state index is 13.4. The highest BCUT2D eigenvalue weighted by atomic mass is 16.5. The molecule has 1 amide bonds. The van der Waals surface area contributed by atoms with Gasteiger partial charge in [0, 0.05) is 38.2 Å². The third-order valence-electron chi connectivity index (χ3n) is 7.91. The number of benzene rings is 3. The van der Waals surface area contributed by atoms with Crippen LogP contribution in [0.1, 0.15) is 40.7 Å². The fraction of sp³-hybridized carbons (Fsp3) is 0.452. The minimum absolute atomic E-state index is 0.0778. The third-order valence-corrected chi connectivity index (χ3v) is 7.91. The third kappa shape index (κ3) is 5.76. The molecule has 0 spiro atoms. The van der Waals surface area contributed by atoms with Crippen LogP contribution in [0, 0.1) is 5.92 Å². The Labute approximate surface area is 219 Å². The summed E-state index contributed by atoms with van der Waals surface area (Å²) in [6, 6.07) is 18.5. The first-order valence-electron chi connectivity index (χ1n) is 13.5. The minimum Gasteiger partial charge on any atom is -0.493 e. The van der Waals surface area contributed by atoms with Gasteiger partial charge in [-0.3, -0.25) is 4.79 Å². The number of rotatable bonds is 8. The summed E-state index contributed by atoms with van der Waals surface area (Å²) in [6.45, 7) is 4.05. The number of likely N-dealkylation sites (tertiary alicyclic amines) is 1. The molecule has 1 saturated heterocycles. The van der Waals surface area contributed by atoms with E-state index in [0.717, 1.165) is 63.0 Å². The van der Waals surface area contributed by atoms with Gasteiger partial charge >= 0.3 is 0 Å². The second kappa shape index (κ2) is 11.5. The van der Waals surface area contributed by atoms with Gasteiger partial charge in [-0.05, 0) is 65.8 Å². The summed E-state index contributed by atoms with van der Waals surface area (Å²) in [7, 11) is 3.22. The molecule has 0 bridgehead atoms. The van der Waals surface area contributed by atoms with Crippen molar-refractivity contribution in [3.05, 3.63) is 71.3 Å². The van der Waals surface area contributed by atoms with Crippen LogP contribution in [0.4, 0.5) is 0 Å². The largest absolute Gasteiger partial charge is 0.493 e. The van der Waals surface area contributed by atoms with E-state index in [9.17, 15) is 9.90 Å². The molecule has 37 heavy (non-hydrogen) atoms. The predicted molar refractivity (Wildman–Crippen MR) is 147 cm³/mol. The minimum atomic E-state index is -0.421. The second-order valence-electron chi connectivity index (χ2n) is 10.5. The molecule has 0 aliphatic carbocycles. The molecule has 2 atom stereocenters. The van der Waals surface area contributed by atoms with Crippen molar-refractivity contribution in [1.82, 2.24) is 9.80 Å². The summed E-state index contributed by atoms with van der Waals surface area (Å²) in [6.07, 6.45) is 4.45. The molecule has 3 aromatic rings. The molecule has 5 rings (SSSR count). The molecule has 6 heteroatoms. The van der Waals surface area contributed by atoms with Crippen molar-refractivity contribution in [2.24, 2.45) is 5.92 Å². The van der Waals surface area contributed by atoms with Gasteiger partial charge in [-0.1, -0.05) is 48.9 Å². The van der Waals surface area contributed by atoms with Crippen LogP contribution < -0.4 is 9.47 Å². The molecule has 1 N–H and O–H groups in total. The first-order chi connectivity index (χ1) is 18.1. The number of carbonyl (C=O) groups excluding carboxylic acids is 1. The van der Waals surface area contributed by atoms with Crippen molar-refractivity contribution in [3.8, 4) is 11.5 Å². The zero-order valence-corrected chi connectivity index (χ0v) is 22.0. The monoisotopic (exact) mass is 502 g/mol. The van der Waals surface area contributed by atoms with Crippen LogP contribution in [0.3, 0.4) is 0 Å². The van der Waals surface area contributed by atoms with Gasteiger partial charge in [0.2, 0.25) is 0 Å². The standard InChI is InChI=1S/C31H38N2O4/c1-36-29-17-25-13-15-33(31(35)28(25)18-30(29)37-2)20-22-8-5-6-14-32(19-22)21-26(34)16-24-11-7-10-23-9-3-4-12-27(23)24/h3-4,7,9-12,17-18,22,26,34H,5-6,8,13-16,19-21H2,1-2H3. The quantitative estimate of drug-likeness (QED) is 0.489. The zero-order valence-electron chi connectivity index (χ0n) is 22.0. The van der Waals surface area contributed by atoms with Gasteiger partial charge in [0.1, 0.15) is 0 Å². The van der Waals surface area contributed by atoms with Gasteiger partial charge < -0.3 is 24.4 Å². The van der Waals surface area contributed by atoms with Gasteiger partial charge in [-0.2, -0.15) is 0 Å². The Morgan fingerprint density at radius 2 is 1.78 bits per heavy atom. The van der Waals surface area contributed by atoms with Crippen molar-refractivity contribution in [1.29, 1.82) is 0 Å². The molecule has 2 heterocycles.